The zero-order valence-corrected chi connectivity index (χ0v) is 7.95. The highest BCUT2D eigenvalue weighted by Crippen LogP contribution is 2.14. The van der Waals surface area contributed by atoms with Crippen molar-refractivity contribution >= 4 is 30.5 Å². The third-order valence-electron chi connectivity index (χ3n) is 0.959. The SMILES string of the molecule is Cl.Cl.Nc1cncc(OC(F)F)c1. The van der Waals surface area contributed by atoms with Crippen LogP contribution >= 0.6 is 24.8 Å². The lowest BCUT2D eigenvalue weighted by molar-refractivity contribution is -0.0500. The van der Waals surface area contributed by atoms with Crippen molar-refractivity contribution < 1.29 is 13.5 Å². The van der Waals surface area contributed by atoms with Crippen molar-refractivity contribution in [3.8, 4) is 5.75 Å². The molecule has 0 saturated heterocycles. The van der Waals surface area contributed by atoms with E-state index < -0.39 is 6.61 Å². The number of nitrogen functional groups attached to an aromatic ring is 1. The molecule has 0 unspecified atom stereocenters. The number of hydrogen-bond acceptors (Lipinski definition) is 3. The lowest BCUT2D eigenvalue weighted by atomic mass is 10.4. The van der Waals surface area contributed by atoms with Crippen LogP contribution in [0, 0.1) is 0 Å². The van der Waals surface area contributed by atoms with Crippen LogP contribution < -0.4 is 10.5 Å². The molecule has 7 heteroatoms. The van der Waals surface area contributed by atoms with Crippen molar-refractivity contribution in [2.24, 2.45) is 0 Å². The molecule has 1 heterocycles. The summed E-state index contributed by atoms with van der Waals surface area (Å²) in [5.74, 6) is -0.0278. The fourth-order valence-electron chi connectivity index (χ4n) is 0.603. The summed E-state index contributed by atoms with van der Waals surface area (Å²) in [6, 6.07) is 1.28. The normalized spacial score (nSPS) is 8.54. The summed E-state index contributed by atoms with van der Waals surface area (Å²) >= 11 is 0. The van der Waals surface area contributed by atoms with E-state index in [4.69, 9.17) is 5.73 Å². The number of ether oxygens (including phenoxy) is 1. The van der Waals surface area contributed by atoms with Gasteiger partial charge in [0.2, 0.25) is 0 Å². The van der Waals surface area contributed by atoms with Gasteiger partial charge >= 0.3 is 6.61 Å². The Morgan fingerprint density at radius 2 is 1.92 bits per heavy atom. The highest BCUT2D eigenvalue weighted by Gasteiger charge is 2.03. The van der Waals surface area contributed by atoms with Crippen LogP contribution in [-0.2, 0) is 0 Å². The number of nitrogens with two attached hydrogens (primary N) is 1. The van der Waals surface area contributed by atoms with Crippen LogP contribution in [0.1, 0.15) is 0 Å². The van der Waals surface area contributed by atoms with E-state index in [2.05, 4.69) is 9.72 Å². The van der Waals surface area contributed by atoms with Crippen LogP contribution in [0.25, 0.3) is 0 Å². The van der Waals surface area contributed by atoms with E-state index in [0.717, 1.165) is 0 Å². The Morgan fingerprint density at radius 1 is 1.31 bits per heavy atom. The summed E-state index contributed by atoms with van der Waals surface area (Å²) < 4.78 is 27.1. The molecule has 0 radical (unpaired) electrons. The molecule has 0 aromatic carbocycles. The van der Waals surface area contributed by atoms with Gasteiger partial charge in [-0.1, -0.05) is 0 Å². The number of rotatable bonds is 2. The zero-order valence-electron chi connectivity index (χ0n) is 6.31. The first-order chi connectivity index (χ1) is 5.18. The second-order valence-corrected chi connectivity index (χ2v) is 1.83. The molecule has 3 nitrogen and oxygen atoms in total. The molecule has 0 aliphatic heterocycles. The summed E-state index contributed by atoms with van der Waals surface area (Å²) in [6.45, 7) is -2.83. The van der Waals surface area contributed by atoms with Crippen LogP contribution in [0.2, 0.25) is 0 Å². The Hall–Kier alpha value is -0.810. The molecule has 0 spiro atoms. The van der Waals surface area contributed by atoms with Crippen molar-refractivity contribution in [3.63, 3.8) is 0 Å². The molecule has 0 aliphatic rings. The van der Waals surface area contributed by atoms with Gasteiger partial charge in [0.05, 0.1) is 18.1 Å². The standard InChI is InChI=1S/C6H6F2N2O.2ClH/c7-6(8)11-5-1-4(9)2-10-3-5;;/h1-3,6H,9H2;2*1H. The minimum atomic E-state index is -2.83. The number of hydrogen-bond donors (Lipinski definition) is 1. The molecule has 0 aliphatic carbocycles. The second kappa shape index (κ2) is 6.68. The van der Waals surface area contributed by atoms with E-state index in [-0.39, 0.29) is 30.6 Å². The first kappa shape index (κ1) is 14.7. The van der Waals surface area contributed by atoms with E-state index >= 15 is 0 Å². The summed E-state index contributed by atoms with van der Waals surface area (Å²) in [5, 5.41) is 0. The molecular weight excluding hydrogens is 225 g/mol. The van der Waals surface area contributed by atoms with Gasteiger partial charge in [0, 0.05) is 6.07 Å². The number of alkyl halides is 2. The Kier molecular flexibility index (Phi) is 7.55. The third kappa shape index (κ3) is 5.43. The Bertz CT molecular complexity index is 250. The Labute approximate surface area is 86.1 Å². The maximum atomic E-state index is 11.6. The molecule has 0 saturated carbocycles. The number of nitrogens with zero attached hydrogens (tertiary/aromatic N) is 1. The Morgan fingerprint density at radius 3 is 2.38 bits per heavy atom. The van der Waals surface area contributed by atoms with Gasteiger partial charge in [-0.05, 0) is 0 Å². The fraction of sp³-hybridized carbons (Fsp3) is 0.167. The maximum absolute atomic E-state index is 11.6. The van der Waals surface area contributed by atoms with E-state index in [0.29, 0.717) is 5.69 Å². The summed E-state index contributed by atoms with van der Waals surface area (Å²) in [7, 11) is 0. The number of halogens is 4. The second-order valence-electron chi connectivity index (χ2n) is 1.83. The van der Waals surface area contributed by atoms with Crippen molar-refractivity contribution in [2.45, 2.75) is 6.61 Å². The van der Waals surface area contributed by atoms with Gasteiger partial charge in [-0.2, -0.15) is 8.78 Å². The molecule has 76 valence electrons. The van der Waals surface area contributed by atoms with Crippen LogP contribution in [0.4, 0.5) is 14.5 Å². The van der Waals surface area contributed by atoms with Gasteiger partial charge < -0.3 is 10.5 Å². The first-order valence-corrected chi connectivity index (χ1v) is 2.84. The van der Waals surface area contributed by atoms with Crippen LogP contribution in [-0.4, -0.2) is 11.6 Å². The fourth-order valence-corrected chi connectivity index (χ4v) is 0.603. The third-order valence-corrected chi connectivity index (χ3v) is 0.959. The maximum Gasteiger partial charge on any atom is 0.387 e. The zero-order chi connectivity index (χ0) is 8.27. The predicted octanol–water partition coefficient (Wildman–Crippen LogP) is 2.11. The molecule has 0 fully saturated rings. The largest absolute Gasteiger partial charge is 0.433 e. The number of aromatic nitrogens is 1. The quantitative estimate of drug-likeness (QED) is 0.850. The van der Waals surface area contributed by atoms with Gasteiger partial charge in [-0.15, -0.1) is 24.8 Å². The Balaban J connectivity index is 0. The van der Waals surface area contributed by atoms with Crippen molar-refractivity contribution in [1.29, 1.82) is 0 Å². The lowest BCUT2D eigenvalue weighted by Gasteiger charge is -2.02. The van der Waals surface area contributed by atoms with Gasteiger partial charge in [0.15, 0.2) is 0 Å². The highest BCUT2D eigenvalue weighted by molar-refractivity contribution is 5.85. The molecule has 0 atom stereocenters. The lowest BCUT2D eigenvalue weighted by Crippen LogP contribution is -2.02. The average molecular weight is 233 g/mol. The van der Waals surface area contributed by atoms with Crippen LogP contribution in [0.3, 0.4) is 0 Å². The molecule has 1 aromatic heterocycles. The van der Waals surface area contributed by atoms with Gasteiger partial charge in [0.25, 0.3) is 0 Å². The molecular formula is C6H8Cl2F2N2O. The minimum absolute atomic E-state index is 0. The van der Waals surface area contributed by atoms with E-state index in [9.17, 15) is 8.78 Å². The first-order valence-electron chi connectivity index (χ1n) is 2.84. The van der Waals surface area contributed by atoms with Crippen LogP contribution in [0.15, 0.2) is 18.5 Å². The van der Waals surface area contributed by atoms with Crippen LogP contribution in [0.5, 0.6) is 5.75 Å². The monoisotopic (exact) mass is 232 g/mol. The molecule has 2 N–H and O–H groups in total. The van der Waals surface area contributed by atoms with E-state index in [1.54, 1.807) is 0 Å². The summed E-state index contributed by atoms with van der Waals surface area (Å²) in [5.41, 5.74) is 5.54. The van der Waals surface area contributed by atoms with E-state index in [1.807, 2.05) is 0 Å². The van der Waals surface area contributed by atoms with E-state index in [1.165, 1.54) is 18.5 Å². The molecule has 0 amide bonds. The predicted molar refractivity (Wildman–Crippen MR) is 49.8 cm³/mol. The summed E-state index contributed by atoms with van der Waals surface area (Å²) in [6.07, 6.45) is 2.51. The van der Waals surface area contributed by atoms with Gasteiger partial charge in [-0.25, -0.2) is 0 Å². The number of anilines is 1. The summed E-state index contributed by atoms with van der Waals surface area (Å²) in [4.78, 5) is 3.55. The van der Waals surface area contributed by atoms with Gasteiger partial charge in [0.1, 0.15) is 5.75 Å². The number of pyridine rings is 1. The average Bonchev–Trinajstić information content (AvgIpc) is 1.85. The molecule has 13 heavy (non-hydrogen) atoms. The topological polar surface area (TPSA) is 48.1 Å². The molecule has 0 bridgehead atoms. The van der Waals surface area contributed by atoms with Crippen molar-refractivity contribution in [3.05, 3.63) is 18.5 Å². The minimum Gasteiger partial charge on any atom is -0.433 e. The molecule has 1 rings (SSSR count). The highest BCUT2D eigenvalue weighted by atomic mass is 35.5. The molecule has 1 aromatic rings. The van der Waals surface area contributed by atoms with Crippen molar-refractivity contribution in [2.75, 3.05) is 5.73 Å². The smallest absolute Gasteiger partial charge is 0.387 e. The van der Waals surface area contributed by atoms with Crippen molar-refractivity contribution in [1.82, 2.24) is 4.98 Å². The van der Waals surface area contributed by atoms with Gasteiger partial charge in [-0.3, -0.25) is 4.98 Å².